The summed E-state index contributed by atoms with van der Waals surface area (Å²) in [4.78, 5) is 11.8. The highest BCUT2D eigenvalue weighted by Crippen LogP contribution is 2.27. The molecule has 0 bridgehead atoms. The number of carbonyl (C=O) groups excluding carboxylic acids is 1. The van der Waals surface area contributed by atoms with E-state index in [0.29, 0.717) is 24.5 Å². The van der Waals surface area contributed by atoms with Gasteiger partial charge in [-0.15, -0.1) is 0 Å². The van der Waals surface area contributed by atoms with Crippen LogP contribution < -0.4 is 10.6 Å². The summed E-state index contributed by atoms with van der Waals surface area (Å²) >= 11 is 6.21. The summed E-state index contributed by atoms with van der Waals surface area (Å²) < 4.78 is 12.8. The third kappa shape index (κ3) is 5.25. The number of nitrogens with one attached hydrogen (secondary N) is 2. The molecule has 5 heteroatoms. The fraction of sp³-hybridized carbons (Fsp3) is 0.278. The standard InChI is InChI=1S/C18H20ClFN2O/c1-12-9-13(2)18(16(19)10-12)21-8-7-17(23)22-11-14-3-5-15(20)6-4-14/h3-6,9-10,21H,7-8,11H2,1-2H3,(H,22,23). The Balaban J connectivity index is 1.78. The third-order valence-electron chi connectivity index (χ3n) is 3.49. The summed E-state index contributed by atoms with van der Waals surface area (Å²) in [6.07, 6.45) is 0.338. The topological polar surface area (TPSA) is 41.1 Å². The lowest BCUT2D eigenvalue weighted by Crippen LogP contribution is -2.25. The van der Waals surface area contributed by atoms with Crippen molar-refractivity contribution >= 4 is 23.2 Å². The van der Waals surface area contributed by atoms with Crippen LogP contribution in [-0.4, -0.2) is 12.5 Å². The molecule has 0 fully saturated rings. The average Bonchev–Trinajstić information content (AvgIpc) is 2.49. The Morgan fingerprint density at radius 1 is 1.17 bits per heavy atom. The van der Waals surface area contributed by atoms with Crippen LogP contribution in [0.15, 0.2) is 36.4 Å². The molecule has 3 nitrogen and oxygen atoms in total. The Morgan fingerprint density at radius 3 is 2.52 bits per heavy atom. The lowest BCUT2D eigenvalue weighted by atomic mass is 10.1. The number of rotatable bonds is 6. The predicted octanol–water partition coefficient (Wildman–Crippen LogP) is 4.21. The van der Waals surface area contributed by atoms with Crippen LogP contribution in [0, 0.1) is 19.7 Å². The second kappa shape index (κ2) is 7.97. The van der Waals surface area contributed by atoms with Crippen molar-refractivity contribution < 1.29 is 9.18 Å². The maximum Gasteiger partial charge on any atom is 0.222 e. The van der Waals surface area contributed by atoms with E-state index in [9.17, 15) is 9.18 Å². The minimum atomic E-state index is -0.283. The Morgan fingerprint density at radius 2 is 1.87 bits per heavy atom. The van der Waals surface area contributed by atoms with Crippen LogP contribution >= 0.6 is 11.6 Å². The largest absolute Gasteiger partial charge is 0.383 e. The van der Waals surface area contributed by atoms with Crippen molar-refractivity contribution in [2.45, 2.75) is 26.8 Å². The summed E-state index contributed by atoms with van der Waals surface area (Å²) in [5, 5.41) is 6.67. The van der Waals surface area contributed by atoms with Gasteiger partial charge in [-0.1, -0.05) is 29.8 Å². The first-order chi connectivity index (χ1) is 11.0. The number of amides is 1. The van der Waals surface area contributed by atoms with Gasteiger partial charge in [0, 0.05) is 19.5 Å². The zero-order valence-corrected chi connectivity index (χ0v) is 14.0. The van der Waals surface area contributed by atoms with Gasteiger partial charge in [-0.3, -0.25) is 4.79 Å². The van der Waals surface area contributed by atoms with E-state index in [1.807, 2.05) is 26.0 Å². The summed E-state index contributed by atoms with van der Waals surface area (Å²) in [7, 11) is 0. The molecule has 2 aromatic carbocycles. The van der Waals surface area contributed by atoms with E-state index in [-0.39, 0.29) is 11.7 Å². The van der Waals surface area contributed by atoms with E-state index in [1.54, 1.807) is 12.1 Å². The molecule has 0 aliphatic carbocycles. The molecule has 0 radical (unpaired) electrons. The number of halogens is 2. The minimum Gasteiger partial charge on any atom is -0.383 e. The van der Waals surface area contributed by atoms with Gasteiger partial charge in [0.15, 0.2) is 0 Å². The predicted molar refractivity (Wildman–Crippen MR) is 92.3 cm³/mol. The van der Waals surface area contributed by atoms with E-state index in [2.05, 4.69) is 10.6 Å². The zero-order valence-electron chi connectivity index (χ0n) is 13.2. The number of carbonyl (C=O) groups is 1. The van der Waals surface area contributed by atoms with Gasteiger partial charge in [-0.25, -0.2) is 4.39 Å². The number of anilines is 1. The van der Waals surface area contributed by atoms with Gasteiger partial charge in [0.05, 0.1) is 10.7 Å². The molecule has 2 rings (SSSR count). The fourth-order valence-corrected chi connectivity index (χ4v) is 2.72. The molecule has 0 aliphatic heterocycles. The second-order valence-electron chi connectivity index (χ2n) is 5.52. The SMILES string of the molecule is Cc1cc(C)c(NCCC(=O)NCc2ccc(F)cc2)c(Cl)c1. The van der Waals surface area contributed by atoms with Crippen LogP contribution in [-0.2, 0) is 11.3 Å². The van der Waals surface area contributed by atoms with Crippen molar-refractivity contribution in [1.29, 1.82) is 0 Å². The van der Waals surface area contributed by atoms with Gasteiger partial charge in [0.2, 0.25) is 5.91 Å². The zero-order chi connectivity index (χ0) is 16.8. The summed E-state index contributed by atoms with van der Waals surface area (Å²) in [5.41, 5.74) is 3.89. The van der Waals surface area contributed by atoms with Crippen LogP contribution in [0.3, 0.4) is 0 Å². The number of hydrogen-bond acceptors (Lipinski definition) is 2. The maximum atomic E-state index is 12.8. The fourth-order valence-electron chi connectivity index (χ4n) is 2.33. The maximum absolute atomic E-state index is 12.8. The molecule has 0 heterocycles. The van der Waals surface area contributed by atoms with Gasteiger partial charge in [-0.2, -0.15) is 0 Å². The van der Waals surface area contributed by atoms with Crippen LogP contribution in [0.5, 0.6) is 0 Å². The molecule has 0 saturated carbocycles. The lowest BCUT2D eigenvalue weighted by molar-refractivity contribution is -0.121. The Bertz CT molecular complexity index is 663. The van der Waals surface area contributed by atoms with Gasteiger partial charge in [0.25, 0.3) is 0 Å². The molecule has 0 saturated heterocycles. The van der Waals surface area contributed by atoms with Gasteiger partial charge < -0.3 is 10.6 Å². The Kier molecular flexibility index (Phi) is 5.99. The molecular weight excluding hydrogens is 315 g/mol. The molecule has 2 N–H and O–H groups in total. The Labute approximate surface area is 140 Å². The molecule has 0 spiro atoms. The normalized spacial score (nSPS) is 10.4. The first kappa shape index (κ1) is 17.3. The Hall–Kier alpha value is -2.07. The number of benzene rings is 2. The molecule has 23 heavy (non-hydrogen) atoms. The molecular formula is C18H20ClFN2O. The van der Waals surface area contributed by atoms with Crippen LogP contribution in [0.25, 0.3) is 0 Å². The lowest BCUT2D eigenvalue weighted by Gasteiger charge is -2.12. The molecule has 2 aromatic rings. The molecule has 0 aliphatic rings. The van der Waals surface area contributed by atoms with E-state index < -0.39 is 0 Å². The first-order valence-corrected chi connectivity index (χ1v) is 7.85. The van der Waals surface area contributed by atoms with Crippen molar-refractivity contribution in [1.82, 2.24) is 5.32 Å². The molecule has 1 amide bonds. The van der Waals surface area contributed by atoms with Crippen molar-refractivity contribution in [3.63, 3.8) is 0 Å². The van der Waals surface area contributed by atoms with Crippen molar-refractivity contribution in [3.8, 4) is 0 Å². The van der Waals surface area contributed by atoms with E-state index in [1.165, 1.54) is 12.1 Å². The third-order valence-corrected chi connectivity index (χ3v) is 3.79. The minimum absolute atomic E-state index is 0.0669. The molecule has 0 unspecified atom stereocenters. The quantitative estimate of drug-likeness (QED) is 0.830. The highest BCUT2D eigenvalue weighted by Gasteiger charge is 2.06. The van der Waals surface area contributed by atoms with Crippen molar-refractivity contribution in [3.05, 3.63) is 63.9 Å². The summed E-state index contributed by atoms with van der Waals surface area (Å²) in [5.74, 6) is -0.350. The van der Waals surface area contributed by atoms with Crippen LogP contribution in [0.4, 0.5) is 10.1 Å². The van der Waals surface area contributed by atoms with Crippen LogP contribution in [0.2, 0.25) is 5.02 Å². The second-order valence-corrected chi connectivity index (χ2v) is 5.93. The van der Waals surface area contributed by atoms with Crippen LogP contribution in [0.1, 0.15) is 23.1 Å². The molecule has 0 aromatic heterocycles. The summed E-state index contributed by atoms with van der Waals surface area (Å²) in [6, 6.07) is 10.0. The number of aryl methyl sites for hydroxylation is 2. The molecule has 122 valence electrons. The van der Waals surface area contributed by atoms with Gasteiger partial charge in [0.1, 0.15) is 5.82 Å². The molecule has 0 atom stereocenters. The van der Waals surface area contributed by atoms with E-state index in [0.717, 1.165) is 22.4 Å². The van der Waals surface area contributed by atoms with E-state index in [4.69, 9.17) is 11.6 Å². The average molecular weight is 335 g/mol. The highest BCUT2D eigenvalue weighted by atomic mass is 35.5. The van der Waals surface area contributed by atoms with Gasteiger partial charge in [-0.05, 0) is 48.7 Å². The monoisotopic (exact) mass is 334 g/mol. The van der Waals surface area contributed by atoms with Crippen molar-refractivity contribution in [2.75, 3.05) is 11.9 Å². The van der Waals surface area contributed by atoms with Crippen molar-refractivity contribution in [2.24, 2.45) is 0 Å². The smallest absolute Gasteiger partial charge is 0.222 e. The van der Waals surface area contributed by atoms with E-state index >= 15 is 0 Å². The number of hydrogen-bond donors (Lipinski definition) is 2. The summed E-state index contributed by atoms with van der Waals surface area (Å²) in [6.45, 7) is 4.86. The first-order valence-electron chi connectivity index (χ1n) is 7.47. The highest BCUT2D eigenvalue weighted by molar-refractivity contribution is 6.33. The van der Waals surface area contributed by atoms with Gasteiger partial charge >= 0.3 is 0 Å².